The van der Waals surface area contributed by atoms with Crippen LogP contribution >= 0.6 is 11.6 Å². The highest BCUT2D eigenvalue weighted by Crippen LogP contribution is 2.28. The number of allylic oxidation sites excluding steroid dienone is 1. The van der Waals surface area contributed by atoms with Crippen LogP contribution in [-0.4, -0.2) is 27.3 Å². The van der Waals surface area contributed by atoms with E-state index in [4.69, 9.17) is 21.6 Å². The van der Waals surface area contributed by atoms with Crippen LogP contribution in [0.3, 0.4) is 0 Å². The number of aromatic nitrogens is 1. The second-order valence-corrected chi connectivity index (χ2v) is 5.26. The molecule has 0 N–H and O–H groups in total. The summed E-state index contributed by atoms with van der Waals surface area (Å²) in [6, 6.07) is 5.77. The molecule has 25 heavy (non-hydrogen) atoms. The average Bonchev–Trinajstić information content (AvgIpc) is 2.89. The van der Waals surface area contributed by atoms with Crippen LogP contribution < -0.4 is 0 Å². The van der Waals surface area contributed by atoms with E-state index in [1.165, 1.54) is 35.0 Å². The molecule has 0 saturated carbocycles. The van der Waals surface area contributed by atoms with Gasteiger partial charge in [-0.2, -0.15) is 5.26 Å². The lowest BCUT2D eigenvalue weighted by atomic mass is 10.1. The molecular weight excluding hydrogens is 350 g/mol. The van der Waals surface area contributed by atoms with Crippen LogP contribution in [0.2, 0.25) is 0 Å². The molecule has 0 aliphatic carbocycles. The van der Waals surface area contributed by atoms with E-state index in [-0.39, 0.29) is 24.4 Å². The summed E-state index contributed by atoms with van der Waals surface area (Å²) >= 11 is 5.34. The van der Waals surface area contributed by atoms with Crippen molar-refractivity contribution in [3.63, 3.8) is 0 Å². The van der Waals surface area contributed by atoms with Crippen LogP contribution in [0, 0.1) is 21.4 Å². The largest absolute Gasteiger partial charge is 0.465 e. The van der Waals surface area contributed by atoms with Gasteiger partial charge in [0.1, 0.15) is 18.2 Å². The molecule has 0 spiro atoms. The number of rotatable bonds is 6. The van der Waals surface area contributed by atoms with Gasteiger partial charge in [0, 0.05) is 29.3 Å². The van der Waals surface area contributed by atoms with Gasteiger partial charge in [0.05, 0.1) is 17.0 Å². The lowest BCUT2D eigenvalue weighted by Crippen LogP contribution is -2.12. The first kappa shape index (κ1) is 18.2. The van der Waals surface area contributed by atoms with Crippen LogP contribution in [0.4, 0.5) is 5.69 Å². The Kier molecular flexibility index (Phi) is 5.52. The van der Waals surface area contributed by atoms with Gasteiger partial charge in [-0.05, 0) is 30.7 Å². The predicted molar refractivity (Wildman–Crippen MR) is 89.7 cm³/mol. The molecule has 0 atom stereocenters. The quantitative estimate of drug-likeness (QED) is 0.195. The molecule has 0 unspecified atom stereocenters. The second kappa shape index (κ2) is 7.59. The van der Waals surface area contributed by atoms with Crippen LogP contribution in [0.5, 0.6) is 0 Å². The Balaban J connectivity index is 2.64. The Morgan fingerprint density at radius 3 is 2.76 bits per heavy atom. The van der Waals surface area contributed by atoms with Crippen LogP contribution in [0.25, 0.3) is 17.0 Å². The molecule has 2 aromatic rings. The number of carbonyl (C=O) groups is 2. The van der Waals surface area contributed by atoms with Crippen molar-refractivity contribution < 1.29 is 19.2 Å². The third kappa shape index (κ3) is 4.02. The third-order valence-electron chi connectivity index (χ3n) is 3.34. The molecular formula is C16H12ClN3O5. The van der Waals surface area contributed by atoms with Gasteiger partial charge in [-0.15, -0.1) is 0 Å². The van der Waals surface area contributed by atoms with Crippen LogP contribution in [0.1, 0.15) is 12.5 Å². The number of nitro groups is 1. The van der Waals surface area contributed by atoms with E-state index in [0.717, 1.165) is 0 Å². The summed E-state index contributed by atoms with van der Waals surface area (Å²) in [7, 11) is 0. The molecule has 0 saturated heterocycles. The van der Waals surface area contributed by atoms with Crippen molar-refractivity contribution in [1.29, 1.82) is 5.26 Å². The summed E-state index contributed by atoms with van der Waals surface area (Å²) in [5, 5.41) is 19.6. The van der Waals surface area contributed by atoms with Crippen molar-refractivity contribution in [2.45, 2.75) is 13.5 Å². The Labute approximate surface area is 147 Å². The van der Waals surface area contributed by atoms with Crippen molar-refractivity contribution >= 4 is 45.5 Å². The number of hydrogen-bond donors (Lipinski definition) is 0. The summed E-state index contributed by atoms with van der Waals surface area (Å²) in [6.45, 7) is 1.69. The maximum Gasteiger partial charge on any atom is 0.325 e. The minimum absolute atomic E-state index is 0.153. The fraction of sp³-hybridized carbons (Fsp3) is 0.188. The van der Waals surface area contributed by atoms with Crippen molar-refractivity contribution in [2.75, 3.05) is 6.61 Å². The molecule has 1 heterocycles. The zero-order chi connectivity index (χ0) is 18.6. The van der Waals surface area contributed by atoms with Gasteiger partial charge in [-0.1, -0.05) is 0 Å². The topological polar surface area (TPSA) is 115 Å². The van der Waals surface area contributed by atoms with Gasteiger partial charge in [0.25, 0.3) is 10.9 Å². The lowest BCUT2D eigenvalue weighted by Gasteiger charge is -2.04. The van der Waals surface area contributed by atoms with E-state index in [1.807, 2.05) is 0 Å². The second-order valence-electron chi connectivity index (χ2n) is 4.92. The highest BCUT2D eigenvalue weighted by Gasteiger charge is 2.16. The van der Waals surface area contributed by atoms with Gasteiger partial charge >= 0.3 is 5.97 Å². The maximum absolute atomic E-state index is 11.8. The molecule has 0 fully saturated rings. The number of halogens is 1. The molecule has 0 aliphatic heterocycles. The lowest BCUT2D eigenvalue weighted by molar-refractivity contribution is -0.384. The number of nitrogens with zero attached hydrogens (tertiary/aromatic N) is 3. The Morgan fingerprint density at radius 1 is 1.48 bits per heavy atom. The van der Waals surface area contributed by atoms with E-state index < -0.39 is 16.1 Å². The number of hydrogen-bond acceptors (Lipinski definition) is 6. The number of benzene rings is 1. The van der Waals surface area contributed by atoms with E-state index in [9.17, 15) is 19.7 Å². The third-order valence-corrected chi connectivity index (χ3v) is 3.55. The summed E-state index contributed by atoms with van der Waals surface area (Å²) in [6.07, 6.45) is 2.77. The molecule has 1 aromatic heterocycles. The predicted octanol–water partition coefficient (Wildman–Crippen LogP) is 2.78. The molecule has 0 bridgehead atoms. The van der Waals surface area contributed by atoms with Crippen molar-refractivity contribution in [3.05, 3.63) is 45.6 Å². The van der Waals surface area contributed by atoms with E-state index in [1.54, 1.807) is 13.0 Å². The number of esters is 1. The molecule has 0 amide bonds. The highest BCUT2D eigenvalue weighted by atomic mass is 35.5. The molecule has 128 valence electrons. The minimum Gasteiger partial charge on any atom is -0.465 e. The molecule has 2 rings (SSSR count). The molecule has 9 heteroatoms. The normalized spacial score (nSPS) is 11.2. The van der Waals surface area contributed by atoms with Crippen molar-refractivity contribution in [1.82, 2.24) is 4.57 Å². The standard InChI is InChI=1S/C16H12ClN3O5/c1-2-25-15(21)9-19-8-11(5-10(7-18)16(17)22)13-4-3-12(20(23)24)6-14(13)19/h3-6,8H,2,9H2,1H3. The molecule has 8 nitrogen and oxygen atoms in total. The number of fused-ring (bicyclic) bond motifs is 1. The fourth-order valence-electron chi connectivity index (χ4n) is 2.30. The average molecular weight is 362 g/mol. The van der Waals surface area contributed by atoms with Gasteiger partial charge < -0.3 is 9.30 Å². The van der Waals surface area contributed by atoms with Crippen molar-refractivity contribution in [2.24, 2.45) is 0 Å². The molecule has 1 aromatic carbocycles. The number of ether oxygens (including phenoxy) is 1. The summed E-state index contributed by atoms with van der Waals surface area (Å²) < 4.78 is 6.34. The van der Waals surface area contributed by atoms with E-state index >= 15 is 0 Å². The SMILES string of the molecule is CCOC(=O)Cn1cc(C=C(C#N)C(=O)Cl)c2ccc([N+](=O)[O-])cc21. The Bertz CT molecular complexity index is 939. The number of nitriles is 1. The smallest absolute Gasteiger partial charge is 0.325 e. The van der Waals surface area contributed by atoms with Gasteiger partial charge in [-0.25, -0.2) is 0 Å². The Hall–Kier alpha value is -3.18. The first-order valence-electron chi connectivity index (χ1n) is 7.12. The first-order chi connectivity index (χ1) is 11.9. The number of carbonyl (C=O) groups excluding carboxylic acids is 2. The molecule has 0 aliphatic rings. The first-order valence-corrected chi connectivity index (χ1v) is 7.49. The minimum atomic E-state index is -0.921. The number of non-ortho nitro benzene ring substituents is 1. The fourth-order valence-corrected chi connectivity index (χ4v) is 2.40. The Morgan fingerprint density at radius 2 is 2.20 bits per heavy atom. The van der Waals surface area contributed by atoms with Crippen LogP contribution in [0.15, 0.2) is 30.0 Å². The van der Waals surface area contributed by atoms with Crippen molar-refractivity contribution in [3.8, 4) is 6.07 Å². The summed E-state index contributed by atoms with van der Waals surface area (Å²) in [5.41, 5.74) is 0.392. The van der Waals surface area contributed by atoms with Gasteiger partial charge in [0.2, 0.25) is 0 Å². The molecule has 0 radical (unpaired) electrons. The summed E-state index contributed by atoms with van der Waals surface area (Å²) in [4.78, 5) is 33.4. The zero-order valence-electron chi connectivity index (χ0n) is 13.1. The highest BCUT2D eigenvalue weighted by molar-refractivity contribution is 6.68. The van der Waals surface area contributed by atoms with E-state index in [2.05, 4.69) is 0 Å². The monoisotopic (exact) mass is 361 g/mol. The van der Waals surface area contributed by atoms with Gasteiger partial charge in [-0.3, -0.25) is 19.7 Å². The zero-order valence-corrected chi connectivity index (χ0v) is 13.8. The number of nitro benzene ring substituents is 1. The van der Waals surface area contributed by atoms with Gasteiger partial charge in [0.15, 0.2) is 0 Å². The van der Waals surface area contributed by atoms with E-state index in [0.29, 0.717) is 16.5 Å². The van der Waals surface area contributed by atoms with Crippen LogP contribution in [-0.2, 0) is 20.9 Å². The maximum atomic E-state index is 11.8. The summed E-state index contributed by atoms with van der Waals surface area (Å²) in [5.74, 6) is -0.518.